The van der Waals surface area contributed by atoms with Crippen molar-refractivity contribution >= 4 is 44.1 Å². The predicted octanol–water partition coefficient (Wildman–Crippen LogP) is 4.60. The Bertz CT molecular complexity index is 844. The first-order valence-corrected chi connectivity index (χ1v) is 6.92. The van der Waals surface area contributed by atoms with Crippen LogP contribution in [-0.2, 0) is 7.05 Å². The van der Waals surface area contributed by atoms with Gasteiger partial charge in [-0.25, -0.2) is 4.85 Å². The summed E-state index contributed by atoms with van der Waals surface area (Å²) in [5.74, 6) is 0. The van der Waals surface area contributed by atoms with Crippen molar-refractivity contribution in [3.05, 3.63) is 51.5 Å². The topological polar surface area (TPSA) is 35.1 Å². The van der Waals surface area contributed by atoms with E-state index in [-0.39, 0.29) is 0 Å². The summed E-state index contributed by atoms with van der Waals surface area (Å²) in [6.07, 6.45) is 3.29. The van der Waals surface area contributed by atoms with Gasteiger partial charge in [-0.3, -0.25) is 9.67 Å². The number of fused-ring (bicyclic) bond motifs is 1. The van der Waals surface area contributed by atoms with E-state index in [1.165, 1.54) is 0 Å². The van der Waals surface area contributed by atoms with Gasteiger partial charge in [0.05, 0.1) is 33.5 Å². The molecule has 0 saturated carbocycles. The fourth-order valence-electron chi connectivity index (χ4n) is 2.18. The molecular formula is C14H8BrClN4. The van der Waals surface area contributed by atoms with Crippen LogP contribution in [0.25, 0.3) is 27.0 Å². The van der Waals surface area contributed by atoms with Crippen LogP contribution in [-0.4, -0.2) is 14.8 Å². The minimum absolute atomic E-state index is 0.517. The Hall–Kier alpha value is -1.90. The van der Waals surface area contributed by atoms with E-state index in [1.807, 2.05) is 19.2 Å². The summed E-state index contributed by atoms with van der Waals surface area (Å²) in [7, 11) is 1.84. The molecule has 0 atom stereocenters. The zero-order chi connectivity index (χ0) is 14.3. The molecule has 0 fully saturated rings. The number of hydrogen-bond acceptors (Lipinski definition) is 2. The molecule has 2 heterocycles. The summed E-state index contributed by atoms with van der Waals surface area (Å²) in [6, 6.07) is 5.54. The average Bonchev–Trinajstić information content (AvgIpc) is 2.77. The van der Waals surface area contributed by atoms with E-state index in [1.54, 1.807) is 23.1 Å². The van der Waals surface area contributed by atoms with Crippen molar-refractivity contribution in [1.82, 2.24) is 14.8 Å². The third-order valence-corrected chi connectivity index (χ3v) is 3.85. The quantitative estimate of drug-likeness (QED) is 0.603. The molecule has 3 rings (SSSR count). The molecule has 0 saturated heterocycles. The average molecular weight is 348 g/mol. The van der Waals surface area contributed by atoms with Gasteiger partial charge in [-0.1, -0.05) is 17.7 Å². The number of pyridine rings is 1. The Labute approximate surface area is 129 Å². The Kier molecular flexibility index (Phi) is 3.20. The number of nitrogens with zero attached hydrogens (tertiary/aromatic N) is 4. The predicted molar refractivity (Wildman–Crippen MR) is 82.9 cm³/mol. The minimum atomic E-state index is 0.517. The lowest BCUT2D eigenvalue weighted by atomic mass is 10.0. The van der Waals surface area contributed by atoms with E-state index in [0.717, 1.165) is 26.6 Å². The molecule has 0 radical (unpaired) electrons. The number of rotatable bonds is 1. The summed E-state index contributed by atoms with van der Waals surface area (Å²) in [5, 5.41) is 5.46. The molecule has 20 heavy (non-hydrogen) atoms. The van der Waals surface area contributed by atoms with Crippen LogP contribution in [0.5, 0.6) is 0 Å². The third-order valence-electron chi connectivity index (χ3n) is 3.06. The highest BCUT2D eigenvalue weighted by molar-refractivity contribution is 9.10. The van der Waals surface area contributed by atoms with Crippen LogP contribution in [0, 0.1) is 6.57 Å². The van der Waals surface area contributed by atoms with E-state index >= 15 is 0 Å². The van der Waals surface area contributed by atoms with Gasteiger partial charge in [-0.2, -0.15) is 5.10 Å². The molecule has 0 spiro atoms. The molecule has 0 bridgehead atoms. The highest BCUT2D eigenvalue weighted by atomic mass is 79.9. The second kappa shape index (κ2) is 4.89. The Morgan fingerprint density at radius 2 is 2.15 bits per heavy atom. The van der Waals surface area contributed by atoms with Crippen molar-refractivity contribution < 1.29 is 0 Å². The minimum Gasteiger partial charge on any atom is -0.268 e. The van der Waals surface area contributed by atoms with Gasteiger partial charge in [-0.15, -0.1) is 0 Å². The second-order valence-electron chi connectivity index (χ2n) is 4.26. The van der Waals surface area contributed by atoms with E-state index < -0.39 is 0 Å². The first kappa shape index (κ1) is 13.1. The summed E-state index contributed by atoms with van der Waals surface area (Å²) >= 11 is 9.46. The Morgan fingerprint density at radius 1 is 1.35 bits per heavy atom. The van der Waals surface area contributed by atoms with Gasteiger partial charge < -0.3 is 0 Å². The van der Waals surface area contributed by atoms with Crippen LogP contribution in [0.3, 0.4) is 0 Å². The van der Waals surface area contributed by atoms with Crippen molar-refractivity contribution in [1.29, 1.82) is 0 Å². The van der Waals surface area contributed by atoms with Gasteiger partial charge in [-0.05, 0) is 28.1 Å². The van der Waals surface area contributed by atoms with Crippen molar-refractivity contribution in [2.24, 2.45) is 7.05 Å². The molecule has 4 nitrogen and oxygen atoms in total. The Balaban J connectivity index is 2.41. The fourth-order valence-corrected chi connectivity index (χ4v) is 2.90. The number of aromatic nitrogens is 3. The standard InChI is InChI=1S/C14H8BrClN4/c1-17-13-9(14-11(15)7-19-20(14)2)3-4-12-10(13)5-8(16)6-18-12/h3-7H,2H3. The largest absolute Gasteiger partial charge is 0.268 e. The number of aryl methyl sites for hydroxylation is 1. The maximum Gasteiger partial charge on any atom is 0.205 e. The summed E-state index contributed by atoms with van der Waals surface area (Å²) < 4.78 is 2.58. The van der Waals surface area contributed by atoms with Crippen LogP contribution < -0.4 is 0 Å². The maximum absolute atomic E-state index is 7.49. The van der Waals surface area contributed by atoms with Crippen LogP contribution >= 0.6 is 27.5 Å². The zero-order valence-electron chi connectivity index (χ0n) is 10.4. The normalized spacial score (nSPS) is 10.7. The van der Waals surface area contributed by atoms with Crippen molar-refractivity contribution in [3.8, 4) is 11.3 Å². The molecule has 6 heteroatoms. The molecule has 0 aliphatic rings. The van der Waals surface area contributed by atoms with Gasteiger partial charge in [0.15, 0.2) is 0 Å². The van der Waals surface area contributed by atoms with E-state index in [0.29, 0.717) is 10.7 Å². The lowest BCUT2D eigenvalue weighted by molar-refractivity contribution is 0.776. The fraction of sp³-hybridized carbons (Fsp3) is 0.0714. The molecule has 0 unspecified atom stereocenters. The first-order valence-electron chi connectivity index (χ1n) is 5.75. The smallest absolute Gasteiger partial charge is 0.205 e. The second-order valence-corrected chi connectivity index (χ2v) is 5.55. The van der Waals surface area contributed by atoms with Gasteiger partial charge in [0.25, 0.3) is 0 Å². The van der Waals surface area contributed by atoms with Crippen LogP contribution in [0.4, 0.5) is 5.69 Å². The SMILES string of the molecule is [C-]#[N+]c1c(-c2c(Br)cnn2C)ccc2ncc(Cl)cc12. The number of hydrogen-bond donors (Lipinski definition) is 0. The molecule has 0 N–H and O–H groups in total. The third kappa shape index (κ3) is 1.98. The highest BCUT2D eigenvalue weighted by Crippen LogP contribution is 2.39. The molecule has 0 aliphatic carbocycles. The van der Waals surface area contributed by atoms with Gasteiger partial charge in [0.1, 0.15) is 0 Å². The monoisotopic (exact) mass is 346 g/mol. The molecule has 1 aromatic carbocycles. The van der Waals surface area contributed by atoms with Crippen LogP contribution in [0.1, 0.15) is 0 Å². The lowest BCUT2D eigenvalue weighted by Crippen LogP contribution is -1.94. The molecule has 3 aromatic rings. The number of benzene rings is 1. The number of halogens is 2. The molecule has 0 aliphatic heterocycles. The maximum atomic E-state index is 7.49. The summed E-state index contributed by atoms with van der Waals surface area (Å²) in [6.45, 7) is 7.49. The summed E-state index contributed by atoms with van der Waals surface area (Å²) in [4.78, 5) is 7.91. The van der Waals surface area contributed by atoms with E-state index in [9.17, 15) is 0 Å². The van der Waals surface area contributed by atoms with E-state index in [2.05, 4.69) is 30.9 Å². The van der Waals surface area contributed by atoms with Gasteiger partial charge in [0, 0.05) is 24.2 Å². The van der Waals surface area contributed by atoms with E-state index in [4.69, 9.17) is 18.2 Å². The first-order chi connectivity index (χ1) is 9.61. The van der Waals surface area contributed by atoms with Crippen molar-refractivity contribution in [3.63, 3.8) is 0 Å². The lowest BCUT2D eigenvalue weighted by Gasteiger charge is -2.09. The molecular weight excluding hydrogens is 340 g/mol. The van der Waals surface area contributed by atoms with Gasteiger partial charge >= 0.3 is 0 Å². The molecule has 98 valence electrons. The van der Waals surface area contributed by atoms with Gasteiger partial charge in [0.2, 0.25) is 5.69 Å². The highest BCUT2D eigenvalue weighted by Gasteiger charge is 2.16. The molecule has 2 aromatic heterocycles. The molecule has 0 amide bonds. The summed E-state index contributed by atoms with van der Waals surface area (Å²) in [5.41, 5.74) is 2.95. The van der Waals surface area contributed by atoms with Crippen molar-refractivity contribution in [2.45, 2.75) is 0 Å². The zero-order valence-corrected chi connectivity index (χ0v) is 12.8. The van der Waals surface area contributed by atoms with Crippen LogP contribution in [0.15, 0.2) is 35.1 Å². The van der Waals surface area contributed by atoms with Crippen molar-refractivity contribution in [2.75, 3.05) is 0 Å². The van der Waals surface area contributed by atoms with Crippen LogP contribution in [0.2, 0.25) is 5.02 Å². The Morgan fingerprint density at radius 3 is 2.80 bits per heavy atom.